The molecule has 0 saturated heterocycles. The number of rotatable bonds is 6. The van der Waals surface area contributed by atoms with Crippen molar-refractivity contribution in [3.8, 4) is 0 Å². The zero-order valence-electron chi connectivity index (χ0n) is 11.0. The van der Waals surface area contributed by atoms with Crippen LogP contribution in [0.4, 0.5) is 0 Å². The average molecular weight is 317 g/mol. The van der Waals surface area contributed by atoms with Crippen LogP contribution in [0.1, 0.15) is 26.2 Å². The topological polar surface area (TPSA) is 69.9 Å². The van der Waals surface area contributed by atoms with Crippen LogP contribution in [-0.4, -0.2) is 32.1 Å². The van der Waals surface area contributed by atoms with Gasteiger partial charge in [0.05, 0.1) is 12.9 Å². The van der Waals surface area contributed by atoms with Crippen LogP contribution in [-0.2, 0) is 16.1 Å². The number of carbonyl (C=O) groups excluding carboxylic acids is 1. The van der Waals surface area contributed by atoms with Gasteiger partial charge in [0.1, 0.15) is 5.52 Å². The van der Waals surface area contributed by atoms with Crippen molar-refractivity contribution >= 4 is 40.3 Å². The number of aryl methyl sites for hydroxylation is 1. The molecule has 0 atom stereocenters. The molecule has 0 amide bonds. The maximum absolute atomic E-state index is 10.6. The van der Waals surface area contributed by atoms with Crippen LogP contribution in [0.5, 0.6) is 0 Å². The smallest absolute Gasteiger partial charge is 0.302 e. The van der Waals surface area contributed by atoms with E-state index in [0.717, 1.165) is 25.8 Å². The lowest BCUT2D eigenvalue weighted by Gasteiger charge is -2.05. The fraction of sp³-hybridized carbons (Fsp3) is 0.500. The molecule has 0 spiro atoms. The Morgan fingerprint density at radius 3 is 2.85 bits per heavy atom. The first-order valence-corrected chi connectivity index (χ1v) is 7.01. The molecule has 0 aliphatic heterocycles. The maximum atomic E-state index is 10.6. The van der Waals surface area contributed by atoms with Gasteiger partial charge in [0, 0.05) is 13.5 Å². The Bertz CT molecular complexity index is 615. The van der Waals surface area contributed by atoms with Crippen molar-refractivity contribution in [2.45, 2.75) is 32.7 Å². The van der Waals surface area contributed by atoms with E-state index in [-0.39, 0.29) is 11.3 Å². The maximum Gasteiger partial charge on any atom is 0.302 e. The van der Waals surface area contributed by atoms with Crippen molar-refractivity contribution in [1.29, 1.82) is 0 Å². The molecule has 0 unspecified atom stereocenters. The Balaban J connectivity index is 1.89. The number of nitrogens with zero attached hydrogens (tertiary/aromatic N) is 4. The molecule has 2 heterocycles. The third kappa shape index (κ3) is 3.80. The highest BCUT2D eigenvalue weighted by Crippen LogP contribution is 2.21. The van der Waals surface area contributed by atoms with Crippen molar-refractivity contribution in [2.75, 3.05) is 6.61 Å². The number of hydrogen-bond donors (Lipinski definition) is 0. The van der Waals surface area contributed by atoms with Crippen LogP contribution in [0, 0.1) is 0 Å². The Labute approximate surface area is 126 Å². The molecule has 0 aliphatic rings. The minimum atomic E-state index is -0.244. The molecule has 0 aliphatic carbocycles. The summed E-state index contributed by atoms with van der Waals surface area (Å²) in [4.78, 5) is 22.7. The second kappa shape index (κ2) is 6.85. The van der Waals surface area contributed by atoms with Gasteiger partial charge < -0.3 is 9.30 Å². The average Bonchev–Trinajstić information content (AvgIpc) is 2.76. The number of hydrogen-bond acceptors (Lipinski definition) is 5. The van der Waals surface area contributed by atoms with Crippen molar-refractivity contribution in [3.05, 3.63) is 16.8 Å². The molecule has 0 N–H and O–H groups in total. The number of unbranched alkanes of at least 4 members (excludes halogenated alkanes) is 2. The quantitative estimate of drug-likeness (QED) is 0.355. The molecular formula is C12H14Cl2N4O2. The highest BCUT2D eigenvalue weighted by atomic mass is 35.5. The Morgan fingerprint density at radius 1 is 1.30 bits per heavy atom. The van der Waals surface area contributed by atoms with Gasteiger partial charge in [-0.25, -0.2) is 9.97 Å². The van der Waals surface area contributed by atoms with Gasteiger partial charge in [-0.15, -0.1) is 0 Å². The van der Waals surface area contributed by atoms with Gasteiger partial charge >= 0.3 is 5.97 Å². The molecule has 0 aromatic carbocycles. The number of esters is 1. The first-order chi connectivity index (χ1) is 9.58. The van der Waals surface area contributed by atoms with E-state index in [2.05, 4.69) is 15.0 Å². The summed E-state index contributed by atoms with van der Waals surface area (Å²) in [6, 6.07) is 0. The van der Waals surface area contributed by atoms with E-state index in [1.54, 1.807) is 6.33 Å². The highest BCUT2D eigenvalue weighted by Gasteiger charge is 2.10. The normalized spacial score (nSPS) is 10.9. The molecule has 0 saturated carbocycles. The van der Waals surface area contributed by atoms with Gasteiger partial charge in [-0.1, -0.05) is 11.6 Å². The fourth-order valence-electron chi connectivity index (χ4n) is 1.86. The monoisotopic (exact) mass is 316 g/mol. The lowest BCUT2D eigenvalue weighted by molar-refractivity contribution is -0.141. The van der Waals surface area contributed by atoms with E-state index >= 15 is 0 Å². The second-order valence-corrected chi connectivity index (χ2v) is 4.99. The summed E-state index contributed by atoms with van der Waals surface area (Å²) in [5.74, 6) is -0.244. The summed E-state index contributed by atoms with van der Waals surface area (Å²) in [5, 5.41) is 0.395. The Morgan fingerprint density at radius 2 is 2.10 bits per heavy atom. The van der Waals surface area contributed by atoms with Gasteiger partial charge in [-0.2, -0.15) is 4.98 Å². The summed E-state index contributed by atoms with van der Waals surface area (Å²) in [7, 11) is 0. The number of fused-ring (bicyclic) bond motifs is 1. The number of aromatic nitrogens is 4. The lowest BCUT2D eigenvalue weighted by atomic mass is 10.2. The summed E-state index contributed by atoms with van der Waals surface area (Å²) in [6.45, 7) is 2.62. The van der Waals surface area contributed by atoms with Gasteiger partial charge in [-0.05, 0) is 30.9 Å². The standard InChI is InChI=1S/C12H14Cl2N4O2/c1-8(19)20-6-4-2-3-5-18-7-15-11-9(18)10(13)16-12(14)17-11/h7H,2-6H2,1H3. The lowest BCUT2D eigenvalue weighted by Crippen LogP contribution is -2.02. The molecule has 2 aromatic rings. The first kappa shape index (κ1) is 15.0. The second-order valence-electron chi connectivity index (χ2n) is 4.29. The molecule has 108 valence electrons. The number of ether oxygens (including phenoxy) is 1. The van der Waals surface area contributed by atoms with Crippen molar-refractivity contribution in [2.24, 2.45) is 0 Å². The van der Waals surface area contributed by atoms with E-state index in [9.17, 15) is 4.79 Å². The number of carbonyl (C=O) groups is 1. The van der Waals surface area contributed by atoms with E-state index in [1.165, 1.54) is 6.92 Å². The molecule has 20 heavy (non-hydrogen) atoms. The van der Waals surface area contributed by atoms with E-state index in [1.807, 2.05) is 4.57 Å². The van der Waals surface area contributed by atoms with Crippen LogP contribution >= 0.6 is 23.2 Å². The first-order valence-electron chi connectivity index (χ1n) is 6.25. The fourth-order valence-corrected chi connectivity index (χ4v) is 2.34. The molecule has 0 bridgehead atoms. The molecule has 0 radical (unpaired) electrons. The zero-order valence-corrected chi connectivity index (χ0v) is 12.5. The van der Waals surface area contributed by atoms with Crippen molar-refractivity contribution in [1.82, 2.24) is 19.5 Å². The SMILES string of the molecule is CC(=O)OCCCCCn1cnc2nc(Cl)nc(Cl)c21. The molecule has 2 aromatic heterocycles. The van der Waals surface area contributed by atoms with Crippen LogP contribution < -0.4 is 0 Å². The van der Waals surface area contributed by atoms with Crippen molar-refractivity contribution in [3.63, 3.8) is 0 Å². The molecule has 0 fully saturated rings. The minimum absolute atomic E-state index is 0.0918. The van der Waals surface area contributed by atoms with Crippen LogP contribution in [0.15, 0.2) is 6.33 Å². The number of halogens is 2. The molecule has 8 heteroatoms. The highest BCUT2D eigenvalue weighted by molar-refractivity contribution is 6.35. The largest absolute Gasteiger partial charge is 0.466 e. The van der Waals surface area contributed by atoms with Crippen LogP contribution in [0.25, 0.3) is 11.2 Å². The van der Waals surface area contributed by atoms with Crippen LogP contribution in [0.3, 0.4) is 0 Å². The predicted octanol–water partition coefficient (Wildman–Crippen LogP) is 2.87. The molecular weight excluding hydrogens is 303 g/mol. The van der Waals surface area contributed by atoms with Gasteiger partial charge in [-0.3, -0.25) is 4.79 Å². The summed E-state index contributed by atoms with van der Waals surface area (Å²) in [5.41, 5.74) is 1.19. The van der Waals surface area contributed by atoms with Crippen LogP contribution in [0.2, 0.25) is 10.4 Å². The Hall–Kier alpha value is -1.40. The summed E-state index contributed by atoms with van der Waals surface area (Å²) in [6.07, 6.45) is 4.38. The third-order valence-electron chi connectivity index (χ3n) is 2.75. The van der Waals surface area contributed by atoms with Gasteiger partial charge in [0.25, 0.3) is 0 Å². The summed E-state index contributed by atoms with van der Waals surface area (Å²) >= 11 is 11.8. The number of imidazole rings is 1. The zero-order chi connectivity index (χ0) is 14.5. The van der Waals surface area contributed by atoms with Gasteiger partial charge in [0.15, 0.2) is 10.8 Å². The summed E-state index contributed by atoms with van der Waals surface area (Å²) < 4.78 is 6.77. The van der Waals surface area contributed by atoms with Crippen molar-refractivity contribution < 1.29 is 9.53 Å². The third-order valence-corrected chi connectivity index (χ3v) is 3.18. The van der Waals surface area contributed by atoms with Gasteiger partial charge in [0.2, 0.25) is 5.28 Å². The molecule has 6 nitrogen and oxygen atoms in total. The Kier molecular flexibility index (Phi) is 5.14. The van der Waals surface area contributed by atoms with E-state index in [4.69, 9.17) is 27.9 Å². The molecule has 2 rings (SSSR count). The van der Waals surface area contributed by atoms with E-state index < -0.39 is 0 Å². The minimum Gasteiger partial charge on any atom is -0.466 e. The van der Waals surface area contributed by atoms with E-state index in [0.29, 0.717) is 22.9 Å². The predicted molar refractivity (Wildman–Crippen MR) is 75.8 cm³/mol.